The number of hydrogen-bond acceptors (Lipinski definition) is 4. The van der Waals surface area contributed by atoms with Gasteiger partial charge in [-0.3, -0.25) is 4.90 Å². The fourth-order valence-corrected chi connectivity index (χ4v) is 2.28. The second-order valence-electron chi connectivity index (χ2n) is 6.60. The van der Waals surface area contributed by atoms with Crippen molar-refractivity contribution in [1.29, 1.82) is 0 Å². The second-order valence-corrected chi connectivity index (χ2v) is 6.60. The lowest BCUT2D eigenvalue weighted by Gasteiger charge is -2.29. The Morgan fingerprint density at radius 2 is 1.86 bits per heavy atom. The number of quaternary nitrogens is 1. The van der Waals surface area contributed by atoms with Gasteiger partial charge in [-0.25, -0.2) is 14.3 Å². The highest BCUT2D eigenvalue weighted by molar-refractivity contribution is 4.72. The molecule has 1 aromatic heterocycles. The molecule has 0 radical (unpaired) electrons. The van der Waals surface area contributed by atoms with E-state index in [2.05, 4.69) is 0 Å². The van der Waals surface area contributed by atoms with Gasteiger partial charge in [0.2, 0.25) is 6.33 Å². The van der Waals surface area contributed by atoms with Gasteiger partial charge >= 0.3 is 0 Å². The molecule has 0 saturated carbocycles. The molecule has 1 rings (SSSR count). The number of nitrogens with zero attached hydrogens (tertiary/aromatic N) is 4. The van der Waals surface area contributed by atoms with Gasteiger partial charge in [-0.05, 0) is 6.42 Å². The molecule has 1 aromatic rings. The Labute approximate surface area is 133 Å². The van der Waals surface area contributed by atoms with Crippen LogP contribution in [-0.4, -0.2) is 82.0 Å². The third-order valence-corrected chi connectivity index (χ3v) is 3.62. The monoisotopic (exact) mass is 316 g/mol. The van der Waals surface area contributed by atoms with Crippen molar-refractivity contribution in [3.05, 3.63) is 18.7 Å². The van der Waals surface area contributed by atoms with E-state index in [0.717, 1.165) is 0 Å². The van der Waals surface area contributed by atoms with Crippen molar-refractivity contribution >= 4 is 0 Å². The number of hydrogen-bond donors (Lipinski definition) is 3. The van der Waals surface area contributed by atoms with E-state index in [1.54, 1.807) is 14.1 Å². The van der Waals surface area contributed by atoms with E-state index in [4.69, 9.17) is 0 Å². The van der Waals surface area contributed by atoms with E-state index < -0.39 is 12.2 Å². The molecular weight excluding hydrogens is 284 g/mol. The van der Waals surface area contributed by atoms with Gasteiger partial charge in [0.15, 0.2) is 0 Å². The van der Waals surface area contributed by atoms with E-state index >= 15 is 0 Å². The van der Waals surface area contributed by atoms with Crippen molar-refractivity contribution in [3.8, 4) is 0 Å². The van der Waals surface area contributed by atoms with Crippen molar-refractivity contribution in [2.24, 2.45) is 7.05 Å². The zero-order valence-corrected chi connectivity index (χ0v) is 14.3. The highest BCUT2D eigenvalue weighted by Gasteiger charge is 2.20. The molecule has 7 nitrogen and oxygen atoms in total. The van der Waals surface area contributed by atoms with Crippen LogP contribution in [0.2, 0.25) is 0 Å². The lowest BCUT2D eigenvalue weighted by Crippen LogP contribution is -2.46. The van der Waals surface area contributed by atoms with Crippen LogP contribution in [0, 0.1) is 0 Å². The lowest BCUT2D eigenvalue weighted by molar-refractivity contribution is -1.07. The molecule has 0 bridgehead atoms. The molecule has 1 heterocycles. The summed E-state index contributed by atoms with van der Waals surface area (Å²) < 4.78 is 3.74. The molecule has 0 aliphatic heterocycles. The standard InChI is InChI=1S/C15H32N4O3/c1-5-14(20)10-17(8-9-19(3,4)22)11-15(21)12-18-7-6-16(2)13-18/h6-7,13-15,20-22H,5,8-12H2,1-4H3/q+2. The lowest BCUT2D eigenvalue weighted by atomic mass is 10.2. The molecule has 128 valence electrons. The Bertz CT molecular complexity index is 431. The maximum absolute atomic E-state index is 10.3. The summed E-state index contributed by atoms with van der Waals surface area (Å²) in [6.07, 6.45) is 5.51. The normalized spacial score (nSPS) is 15.3. The molecule has 2 unspecified atom stereocenters. The van der Waals surface area contributed by atoms with E-state index in [0.29, 0.717) is 39.1 Å². The number of likely N-dealkylation sites (N-methyl/N-ethyl adjacent to an activating group) is 1. The summed E-state index contributed by atoms with van der Waals surface area (Å²) in [5.74, 6) is 0. The molecule has 0 aliphatic rings. The number of aromatic nitrogens is 2. The zero-order valence-electron chi connectivity index (χ0n) is 14.3. The van der Waals surface area contributed by atoms with Crippen molar-refractivity contribution in [2.75, 3.05) is 40.3 Å². The van der Waals surface area contributed by atoms with E-state index in [9.17, 15) is 15.4 Å². The smallest absolute Gasteiger partial charge is 0.243 e. The predicted molar refractivity (Wildman–Crippen MR) is 83.1 cm³/mol. The summed E-state index contributed by atoms with van der Waals surface area (Å²) in [6, 6.07) is 0. The third-order valence-electron chi connectivity index (χ3n) is 3.62. The summed E-state index contributed by atoms with van der Waals surface area (Å²) in [7, 11) is 5.36. The zero-order chi connectivity index (χ0) is 16.8. The van der Waals surface area contributed by atoms with Crippen molar-refractivity contribution in [1.82, 2.24) is 9.47 Å². The molecule has 0 aromatic carbocycles. The van der Waals surface area contributed by atoms with Crippen LogP contribution >= 0.6 is 0 Å². The molecule has 0 spiro atoms. The van der Waals surface area contributed by atoms with Gasteiger partial charge < -0.3 is 10.2 Å². The van der Waals surface area contributed by atoms with Crippen molar-refractivity contribution < 1.29 is 24.6 Å². The van der Waals surface area contributed by atoms with Gasteiger partial charge in [0.1, 0.15) is 31.6 Å². The van der Waals surface area contributed by atoms with Crippen LogP contribution in [0.3, 0.4) is 0 Å². The summed E-state index contributed by atoms with van der Waals surface area (Å²) in [6.45, 7) is 4.59. The molecule has 0 aliphatic carbocycles. The van der Waals surface area contributed by atoms with Gasteiger partial charge in [-0.15, -0.1) is 0 Å². The van der Waals surface area contributed by atoms with Crippen LogP contribution in [0.5, 0.6) is 0 Å². The van der Waals surface area contributed by atoms with Crippen LogP contribution in [-0.2, 0) is 13.6 Å². The van der Waals surface area contributed by atoms with Crippen LogP contribution in [0.25, 0.3) is 0 Å². The molecule has 0 saturated heterocycles. The maximum atomic E-state index is 10.3. The largest absolute Gasteiger partial charge is 0.392 e. The first-order valence-corrected chi connectivity index (χ1v) is 7.85. The molecule has 22 heavy (non-hydrogen) atoms. The average molecular weight is 316 g/mol. The summed E-state index contributed by atoms with van der Waals surface area (Å²) in [5.41, 5.74) is 0. The minimum absolute atomic E-state index is 0.123. The molecule has 3 N–H and O–H groups in total. The average Bonchev–Trinajstić information content (AvgIpc) is 2.80. The van der Waals surface area contributed by atoms with Gasteiger partial charge in [-0.2, -0.15) is 4.65 Å². The highest BCUT2D eigenvalue weighted by Crippen LogP contribution is 2.02. The minimum atomic E-state index is -0.522. The first-order valence-electron chi connectivity index (χ1n) is 7.85. The fourth-order valence-electron chi connectivity index (χ4n) is 2.28. The van der Waals surface area contributed by atoms with Gasteiger partial charge in [0, 0.05) is 13.1 Å². The number of imidazole rings is 1. The quantitative estimate of drug-likeness (QED) is 0.301. The number of aliphatic hydroxyl groups is 2. The number of hydroxylamine groups is 3. The Morgan fingerprint density at radius 1 is 1.23 bits per heavy atom. The second kappa shape index (κ2) is 8.59. The Balaban J connectivity index is 2.53. The fraction of sp³-hybridized carbons (Fsp3) is 0.800. The summed E-state index contributed by atoms with van der Waals surface area (Å²) in [4.78, 5) is 2.01. The highest BCUT2D eigenvalue weighted by atomic mass is 16.5. The topological polar surface area (TPSA) is 72.7 Å². The van der Waals surface area contributed by atoms with Crippen molar-refractivity contribution in [2.45, 2.75) is 32.1 Å². The number of rotatable bonds is 10. The predicted octanol–water partition coefficient (Wildman–Crippen LogP) is -0.788. The summed E-state index contributed by atoms with van der Waals surface area (Å²) >= 11 is 0. The SMILES string of the molecule is CCC(O)CN(CC[N+](C)(C)O)CC(O)Cn1cc[n+](C)c1. The Morgan fingerprint density at radius 3 is 2.36 bits per heavy atom. The number of aryl methyl sites for hydroxylation is 1. The minimum Gasteiger partial charge on any atom is -0.392 e. The van der Waals surface area contributed by atoms with Crippen LogP contribution in [0.15, 0.2) is 18.7 Å². The van der Waals surface area contributed by atoms with Gasteiger partial charge in [-0.1, -0.05) is 6.92 Å². The summed E-state index contributed by atoms with van der Waals surface area (Å²) in [5, 5.41) is 29.9. The van der Waals surface area contributed by atoms with E-state index in [-0.39, 0.29) is 4.65 Å². The molecule has 2 atom stereocenters. The van der Waals surface area contributed by atoms with E-state index in [1.807, 2.05) is 46.7 Å². The van der Waals surface area contributed by atoms with Gasteiger partial charge in [0.25, 0.3) is 0 Å². The van der Waals surface area contributed by atoms with E-state index in [1.165, 1.54) is 0 Å². The number of aliphatic hydroxyl groups excluding tert-OH is 2. The van der Waals surface area contributed by atoms with Gasteiger partial charge in [0.05, 0.1) is 33.8 Å². The Hall–Kier alpha value is -0.990. The Kier molecular flexibility index (Phi) is 7.44. The van der Waals surface area contributed by atoms with Crippen LogP contribution < -0.4 is 4.57 Å². The maximum Gasteiger partial charge on any atom is 0.243 e. The first kappa shape index (κ1) is 19.1. The first-order chi connectivity index (χ1) is 10.2. The molecule has 7 heteroatoms. The molecule has 0 amide bonds. The van der Waals surface area contributed by atoms with Crippen LogP contribution in [0.4, 0.5) is 0 Å². The third kappa shape index (κ3) is 7.86. The molecule has 0 fully saturated rings. The van der Waals surface area contributed by atoms with Crippen molar-refractivity contribution in [3.63, 3.8) is 0 Å². The molecular formula is C15H32N4O3+2. The van der Waals surface area contributed by atoms with Crippen LogP contribution in [0.1, 0.15) is 13.3 Å².